The first kappa shape index (κ1) is 9.83. The molecular weight excluding hydrogens is 224 g/mol. The molecule has 0 unspecified atom stereocenters. The first-order valence-corrected chi connectivity index (χ1v) is 4.94. The van der Waals surface area contributed by atoms with Crippen LogP contribution in [0.15, 0.2) is 26.4 Å². The molecule has 0 amide bonds. The number of fused-ring (bicyclic) bond motifs is 2. The topological polar surface area (TPSA) is 77.8 Å². The highest BCUT2D eigenvalue weighted by atomic mass is 16.6. The number of oxime groups is 1. The minimum Gasteiger partial charge on any atom is -0.460 e. The van der Waals surface area contributed by atoms with Gasteiger partial charge in [-0.1, -0.05) is 10.3 Å². The number of hydrogen-bond donors (Lipinski definition) is 0. The van der Waals surface area contributed by atoms with Crippen molar-refractivity contribution in [1.29, 1.82) is 0 Å². The van der Waals surface area contributed by atoms with Gasteiger partial charge in [0.25, 0.3) is 0 Å². The van der Waals surface area contributed by atoms with Crippen molar-refractivity contribution in [2.24, 2.45) is 5.16 Å². The van der Waals surface area contributed by atoms with Crippen molar-refractivity contribution in [3.63, 3.8) is 0 Å². The molecule has 2 heterocycles. The van der Waals surface area contributed by atoms with E-state index in [1.54, 1.807) is 13.0 Å². The van der Waals surface area contributed by atoms with Gasteiger partial charge >= 0.3 is 0 Å². The van der Waals surface area contributed by atoms with E-state index in [0.717, 1.165) is 0 Å². The average molecular weight is 232 g/mol. The summed E-state index contributed by atoms with van der Waals surface area (Å²) >= 11 is 0. The summed E-state index contributed by atoms with van der Waals surface area (Å²) < 4.78 is 10.3. The second-order valence-corrected chi connectivity index (χ2v) is 3.59. The number of rotatable bonds is 1. The van der Waals surface area contributed by atoms with Crippen LogP contribution < -0.4 is 0 Å². The Morgan fingerprint density at radius 2 is 2.24 bits per heavy atom. The number of furan rings is 1. The van der Waals surface area contributed by atoms with Crippen LogP contribution in [0.1, 0.15) is 33.1 Å². The predicted octanol–water partition coefficient (Wildman–Crippen LogP) is 1.52. The first-order valence-electron chi connectivity index (χ1n) is 4.94. The quantitative estimate of drug-likeness (QED) is 0.594. The lowest BCUT2D eigenvalue weighted by Crippen LogP contribution is -2.19. The minimum absolute atomic E-state index is 0.236. The van der Waals surface area contributed by atoms with Crippen LogP contribution in [-0.4, -0.2) is 23.8 Å². The highest BCUT2D eigenvalue weighted by Gasteiger charge is 2.36. The maximum absolute atomic E-state index is 12.1. The number of carbonyl (C=O) groups excluding carboxylic acids is 1. The third-order valence-corrected chi connectivity index (χ3v) is 2.61. The second kappa shape index (κ2) is 3.31. The van der Waals surface area contributed by atoms with Crippen LogP contribution in [0.25, 0.3) is 0 Å². The summed E-state index contributed by atoms with van der Waals surface area (Å²) in [5, 5.41) is 7.63. The van der Waals surface area contributed by atoms with Crippen molar-refractivity contribution in [2.75, 3.05) is 7.11 Å². The molecule has 3 rings (SSSR count). The summed E-state index contributed by atoms with van der Waals surface area (Å²) in [6.07, 6.45) is 1.43. The van der Waals surface area contributed by atoms with Crippen molar-refractivity contribution in [1.82, 2.24) is 5.16 Å². The van der Waals surface area contributed by atoms with Gasteiger partial charge in [-0.25, -0.2) is 0 Å². The van der Waals surface area contributed by atoms with E-state index in [-0.39, 0.29) is 11.5 Å². The molecule has 0 aliphatic heterocycles. The SMILES string of the molecule is CO/N=C1/c2ccoc2C(=O)c2c(C)noc21. The molecule has 17 heavy (non-hydrogen) atoms. The molecule has 1 aliphatic carbocycles. The van der Waals surface area contributed by atoms with E-state index in [1.807, 2.05) is 0 Å². The Morgan fingerprint density at radius 1 is 1.41 bits per heavy atom. The standard InChI is InChI=1S/C11H8N2O4/c1-5-7-9(14)10-6(3-4-16-10)8(13-15-2)11(7)17-12-5/h3-4H,1-2H3/b13-8-. The van der Waals surface area contributed by atoms with Gasteiger partial charge in [0.15, 0.2) is 11.5 Å². The van der Waals surface area contributed by atoms with E-state index < -0.39 is 0 Å². The van der Waals surface area contributed by atoms with Gasteiger partial charge in [-0.05, 0) is 13.0 Å². The maximum atomic E-state index is 12.1. The third-order valence-electron chi connectivity index (χ3n) is 2.61. The molecule has 0 radical (unpaired) electrons. The summed E-state index contributed by atoms with van der Waals surface area (Å²) in [4.78, 5) is 16.9. The molecule has 0 saturated heterocycles. The van der Waals surface area contributed by atoms with Crippen LogP contribution in [0.3, 0.4) is 0 Å². The lowest BCUT2D eigenvalue weighted by atomic mass is 9.93. The fraction of sp³-hybridized carbons (Fsp3) is 0.182. The van der Waals surface area contributed by atoms with Crippen LogP contribution >= 0.6 is 0 Å². The molecule has 0 N–H and O–H groups in total. The first-order chi connectivity index (χ1) is 8.24. The van der Waals surface area contributed by atoms with Gasteiger partial charge in [0, 0.05) is 0 Å². The monoisotopic (exact) mass is 232 g/mol. The van der Waals surface area contributed by atoms with Gasteiger partial charge in [-0.2, -0.15) is 0 Å². The van der Waals surface area contributed by atoms with E-state index in [2.05, 4.69) is 10.3 Å². The van der Waals surface area contributed by atoms with E-state index in [1.165, 1.54) is 13.4 Å². The number of aromatic nitrogens is 1. The van der Waals surface area contributed by atoms with Crippen molar-refractivity contribution < 1.29 is 18.6 Å². The molecule has 6 nitrogen and oxygen atoms in total. The Morgan fingerprint density at radius 3 is 3.00 bits per heavy atom. The lowest BCUT2D eigenvalue weighted by Gasteiger charge is -2.09. The molecule has 0 spiro atoms. The number of aryl methyl sites for hydroxylation is 1. The summed E-state index contributed by atoms with van der Waals surface area (Å²) in [6, 6.07) is 1.64. The largest absolute Gasteiger partial charge is 0.460 e. The van der Waals surface area contributed by atoms with E-state index in [4.69, 9.17) is 13.8 Å². The molecule has 2 aromatic rings. The van der Waals surface area contributed by atoms with Crippen molar-refractivity contribution >= 4 is 11.5 Å². The summed E-state index contributed by atoms with van der Waals surface area (Å²) in [7, 11) is 1.42. The minimum atomic E-state index is -0.242. The fourth-order valence-corrected chi connectivity index (χ4v) is 1.89. The van der Waals surface area contributed by atoms with Gasteiger partial charge in [0.05, 0.1) is 23.1 Å². The van der Waals surface area contributed by atoms with E-state index in [0.29, 0.717) is 28.3 Å². The molecule has 0 aromatic carbocycles. The summed E-state index contributed by atoms with van der Waals surface area (Å²) in [5.74, 6) is 0.316. The van der Waals surface area contributed by atoms with Gasteiger partial charge < -0.3 is 13.8 Å². The molecule has 1 aliphatic rings. The van der Waals surface area contributed by atoms with Crippen molar-refractivity contribution in [3.05, 3.63) is 40.7 Å². The Balaban J connectivity index is 2.34. The summed E-state index contributed by atoms with van der Waals surface area (Å²) in [6.45, 7) is 1.69. The van der Waals surface area contributed by atoms with Crippen molar-refractivity contribution in [2.45, 2.75) is 6.92 Å². The smallest absolute Gasteiger partial charge is 0.234 e. The van der Waals surface area contributed by atoms with Gasteiger partial charge in [0.2, 0.25) is 11.5 Å². The average Bonchev–Trinajstić information content (AvgIpc) is 2.91. The molecule has 86 valence electrons. The van der Waals surface area contributed by atoms with Crippen LogP contribution in [0, 0.1) is 6.92 Å². The second-order valence-electron chi connectivity index (χ2n) is 3.59. The van der Waals surface area contributed by atoms with Crippen LogP contribution in [0.5, 0.6) is 0 Å². The molecule has 0 atom stereocenters. The Labute approximate surface area is 95.8 Å². The van der Waals surface area contributed by atoms with Crippen LogP contribution in [0.4, 0.5) is 0 Å². The van der Waals surface area contributed by atoms with Gasteiger partial charge in [-0.15, -0.1) is 0 Å². The number of hydrogen-bond acceptors (Lipinski definition) is 6. The van der Waals surface area contributed by atoms with Gasteiger partial charge in [0.1, 0.15) is 7.11 Å². The maximum Gasteiger partial charge on any atom is 0.234 e. The predicted molar refractivity (Wildman–Crippen MR) is 56.0 cm³/mol. The lowest BCUT2D eigenvalue weighted by molar-refractivity contribution is 0.101. The zero-order valence-corrected chi connectivity index (χ0v) is 9.18. The zero-order chi connectivity index (χ0) is 12.0. The van der Waals surface area contributed by atoms with Crippen molar-refractivity contribution in [3.8, 4) is 0 Å². The Hall–Kier alpha value is -2.37. The number of nitrogens with zero attached hydrogens (tertiary/aromatic N) is 2. The zero-order valence-electron chi connectivity index (χ0n) is 9.18. The Bertz CT molecular complexity index is 636. The van der Waals surface area contributed by atoms with E-state index >= 15 is 0 Å². The molecule has 6 heteroatoms. The fourth-order valence-electron chi connectivity index (χ4n) is 1.89. The summed E-state index contributed by atoms with van der Waals surface area (Å²) in [5.41, 5.74) is 1.87. The Kier molecular flexibility index (Phi) is 1.91. The highest BCUT2D eigenvalue weighted by Crippen LogP contribution is 2.30. The van der Waals surface area contributed by atoms with E-state index in [9.17, 15) is 4.79 Å². The highest BCUT2D eigenvalue weighted by molar-refractivity contribution is 6.28. The normalized spacial score (nSPS) is 15.9. The van der Waals surface area contributed by atoms with Crippen LogP contribution in [0.2, 0.25) is 0 Å². The molecule has 0 fully saturated rings. The number of ketones is 1. The van der Waals surface area contributed by atoms with Gasteiger partial charge in [-0.3, -0.25) is 4.79 Å². The molecule has 0 bridgehead atoms. The third kappa shape index (κ3) is 1.17. The molecule has 2 aromatic heterocycles. The van der Waals surface area contributed by atoms with Crippen LogP contribution in [-0.2, 0) is 4.84 Å². The molecule has 0 saturated carbocycles. The number of carbonyl (C=O) groups is 1. The molecular formula is C11H8N2O4.